The largest absolute Gasteiger partial charge is 0.453 e. The van der Waals surface area contributed by atoms with Crippen LogP contribution in [0.25, 0.3) is 5.69 Å². The van der Waals surface area contributed by atoms with Gasteiger partial charge in [0.15, 0.2) is 0 Å². The lowest BCUT2D eigenvalue weighted by Gasteiger charge is -2.02. The SMILES string of the molecule is Nc1nc(C(F)(F)F)nn1-c1cncc(Br)c1. The zero-order valence-corrected chi connectivity index (χ0v) is 9.70. The molecule has 17 heavy (non-hydrogen) atoms. The molecule has 2 N–H and O–H groups in total. The number of anilines is 1. The Balaban J connectivity index is 2.50. The van der Waals surface area contributed by atoms with Crippen LogP contribution >= 0.6 is 15.9 Å². The molecule has 5 nitrogen and oxygen atoms in total. The molecule has 0 radical (unpaired) electrons. The van der Waals surface area contributed by atoms with E-state index in [1.807, 2.05) is 0 Å². The Kier molecular flexibility index (Phi) is 2.77. The maximum atomic E-state index is 12.4. The van der Waals surface area contributed by atoms with Crippen LogP contribution in [0.5, 0.6) is 0 Å². The number of hydrogen-bond acceptors (Lipinski definition) is 4. The molecule has 0 aliphatic carbocycles. The number of nitrogens with zero attached hydrogens (tertiary/aromatic N) is 4. The van der Waals surface area contributed by atoms with E-state index in [4.69, 9.17) is 5.73 Å². The first kappa shape index (κ1) is 11.8. The second-order valence-corrected chi connectivity index (χ2v) is 3.98. The topological polar surface area (TPSA) is 69.6 Å². The van der Waals surface area contributed by atoms with Crippen LogP contribution in [0, 0.1) is 0 Å². The van der Waals surface area contributed by atoms with Crippen molar-refractivity contribution in [2.75, 3.05) is 5.73 Å². The molecule has 0 bridgehead atoms. The molecule has 0 fully saturated rings. The van der Waals surface area contributed by atoms with Crippen LogP contribution in [0.3, 0.4) is 0 Å². The van der Waals surface area contributed by atoms with Gasteiger partial charge in [-0.1, -0.05) is 0 Å². The van der Waals surface area contributed by atoms with Crippen molar-refractivity contribution in [3.63, 3.8) is 0 Å². The summed E-state index contributed by atoms with van der Waals surface area (Å²) >= 11 is 3.14. The van der Waals surface area contributed by atoms with Gasteiger partial charge in [0.2, 0.25) is 5.95 Å². The Morgan fingerprint density at radius 3 is 2.53 bits per heavy atom. The fraction of sp³-hybridized carbons (Fsp3) is 0.125. The third-order valence-electron chi connectivity index (χ3n) is 1.82. The van der Waals surface area contributed by atoms with Gasteiger partial charge >= 0.3 is 6.18 Å². The Morgan fingerprint density at radius 2 is 2.00 bits per heavy atom. The molecule has 0 atom stereocenters. The van der Waals surface area contributed by atoms with E-state index in [-0.39, 0.29) is 5.95 Å². The fourth-order valence-electron chi connectivity index (χ4n) is 1.15. The number of hydrogen-bond donors (Lipinski definition) is 1. The van der Waals surface area contributed by atoms with E-state index in [0.29, 0.717) is 10.2 Å². The van der Waals surface area contributed by atoms with E-state index < -0.39 is 12.0 Å². The molecule has 0 unspecified atom stereocenters. The fourth-order valence-corrected chi connectivity index (χ4v) is 1.50. The van der Waals surface area contributed by atoms with Gasteiger partial charge in [-0.2, -0.15) is 22.8 Å². The molecule has 0 saturated carbocycles. The standard InChI is InChI=1S/C8H5BrF3N5/c9-4-1-5(3-14-2-4)17-7(13)15-6(16-17)8(10,11)12/h1-3H,(H2,13,15,16). The number of nitrogen functional groups attached to an aromatic ring is 1. The summed E-state index contributed by atoms with van der Waals surface area (Å²) in [7, 11) is 0. The third kappa shape index (κ3) is 2.38. The number of aromatic nitrogens is 4. The Labute approximate surface area is 102 Å². The number of halogens is 4. The number of rotatable bonds is 1. The monoisotopic (exact) mass is 307 g/mol. The van der Waals surface area contributed by atoms with E-state index in [0.717, 1.165) is 4.68 Å². The van der Waals surface area contributed by atoms with Gasteiger partial charge in [0.05, 0.1) is 11.9 Å². The number of nitrogens with two attached hydrogens (primary N) is 1. The average Bonchev–Trinajstić information content (AvgIpc) is 2.60. The van der Waals surface area contributed by atoms with Gasteiger partial charge in [0, 0.05) is 10.7 Å². The van der Waals surface area contributed by atoms with Crippen molar-refractivity contribution < 1.29 is 13.2 Å². The molecule has 0 spiro atoms. The minimum absolute atomic E-state index is 0.292. The minimum atomic E-state index is -4.63. The maximum Gasteiger partial charge on any atom is 0.453 e. The van der Waals surface area contributed by atoms with Crippen LogP contribution in [0.2, 0.25) is 0 Å². The summed E-state index contributed by atoms with van der Waals surface area (Å²) in [5.74, 6) is -1.63. The lowest BCUT2D eigenvalue weighted by molar-refractivity contribution is -0.144. The molecule has 9 heteroatoms. The lowest BCUT2D eigenvalue weighted by Crippen LogP contribution is -2.08. The minimum Gasteiger partial charge on any atom is -0.368 e. The molecule has 0 aromatic carbocycles. The summed E-state index contributed by atoms with van der Waals surface area (Å²) in [6.45, 7) is 0. The smallest absolute Gasteiger partial charge is 0.368 e. The molecular weight excluding hydrogens is 303 g/mol. The van der Waals surface area contributed by atoms with Gasteiger partial charge in [0.25, 0.3) is 5.82 Å². The zero-order chi connectivity index (χ0) is 12.6. The van der Waals surface area contributed by atoms with E-state index in [1.54, 1.807) is 0 Å². The average molecular weight is 308 g/mol. The summed E-state index contributed by atoms with van der Waals surface area (Å²) in [5, 5.41) is 3.29. The predicted molar refractivity (Wildman–Crippen MR) is 56.3 cm³/mol. The van der Waals surface area contributed by atoms with Crippen LogP contribution in [0.15, 0.2) is 22.9 Å². The molecule has 2 heterocycles. The molecule has 2 rings (SSSR count). The van der Waals surface area contributed by atoms with Crippen molar-refractivity contribution in [3.8, 4) is 5.69 Å². The van der Waals surface area contributed by atoms with E-state index in [1.165, 1.54) is 18.5 Å². The van der Waals surface area contributed by atoms with Crippen molar-refractivity contribution in [3.05, 3.63) is 28.8 Å². The molecule has 0 saturated heterocycles. The van der Waals surface area contributed by atoms with Gasteiger partial charge in [-0.05, 0) is 22.0 Å². The van der Waals surface area contributed by atoms with Crippen LogP contribution in [0.1, 0.15) is 5.82 Å². The van der Waals surface area contributed by atoms with Crippen molar-refractivity contribution >= 4 is 21.9 Å². The van der Waals surface area contributed by atoms with Crippen LogP contribution < -0.4 is 5.73 Å². The van der Waals surface area contributed by atoms with E-state index in [9.17, 15) is 13.2 Å². The summed E-state index contributed by atoms with van der Waals surface area (Å²) in [6, 6.07) is 1.53. The molecule has 0 aliphatic rings. The normalized spacial score (nSPS) is 11.8. The van der Waals surface area contributed by atoms with Gasteiger partial charge < -0.3 is 5.73 Å². The van der Waals surface area contributed by atoms with E-state index >= 15 is 0 Å². The lowest BCUT2D eigenvalue weighted by atomic mass is 10.4. The maximum absolute atomic E-state index is 12.4. The molecule has 2 aromatic heterocycles. The molecular formula is C8H5BrF3N5. The Hall–Kier alpha value is -1.64. The third-order valence-corrected chi connectivity index (χ3v) is 2.25. The van der Waals surface area contributed by atoms with Crippen molar-refractivity contribution in [2.24, 2.45) is 0 Å². The quantitative estimate of drug-likeness (QED) is 0.875. The molecule has 0 aliphatic heterocycles. The highest BCUT2D eigenvalue weighted by Crippen LogP contribution is 2.27. The highest BCUT2D eigenvalue weighted by Gasteiger charge is 2.37. The summed E-state index contributed by atoms with van der Waals surface area (Å²) < 4.78 is 38.5. The van der Waals surface area contributed by atoms with Gasteiger partial charge in [-0.15, -0.1) is 5.10 Å². The van der Waals surface area contributed by atoms with Crippen LogP contribution in [-0.4, -0.2) is 19.7 Å². The second-order valence-electron chi connectivity index (χ2n) is 3.06. The van der Waals surface area contributed by atoms with Crippen molar-refractivity contribution in [1.82, 2.24) is 19.7 Å². The second kappa shape index (κ2) is 3.99. The Morgan fingerprint density at radius 1 is 1.29 bits per heavy atom. The van der Waals surface area contributed by atoms with Gasteiger partial charge in [0.1, 0.15) is 0 Å². The highest BCUT2D eigenvalue weighted by atomic mass is 79.9. The molecule has 2 aromatic rings. The predicted octanol–water partition coefficient (Wildman–Crippen LogP) is 2.03. The van der Waals surface area contributed by atoms with Crippen LogP contribution in [0.4, 0.5) is 19.1 Å². The van der Waals surface area contributed by atoms with Crippen LogP contribution in [-0.2, 0) is 6.18 Å². The first-order valence-electron chi connectivity index (χ1n) is 4.28. The number of pyridine rings is 1. The van der Waals surface area contributed by atoms with Crippen molar-refractivity contribution in [1.29, 1.82) is 0 Å². The first-order valence-corrected chi connectivity index (χ1v) is 5.08. The number of alkyl halides is 3. The molecule has 0 amide bonds. The zero-order valence-electron chi connectivity index (χ0n) is 8.11. The summed E-state index contributed by atoms with van der Waals surface area (Å²) in [5.41, 5.74) is 5.66. The highest BCUT2D eigenvalue weighted by molar-refractivity contribution is 9.10. The van der Waals surface area contributed by atoms with E-state index in [2.05, 4.69) is 31.0 Å². The van der Waals surface area contributed by atoms with Crippen molar-refractivity contribution in [2.45, 2.75) is 6.18 Å². The molecule has 90 valence electrons. The summed E-state index contributed by atoms with van der Waals surface area (Å²) in [6.07, 6.45) is -1.81. The summed E-state index contributed by atoms with van der Waals surface area (Å²) in [4.78, 5) is 6.95. The van der Waals surface area contributed by atoms with Gasteiger partial charge in [-0.25, -0.2) is 0 Å². The van der Waals surface area contributed by atoms with Gasteiger partial charge in [-0.3, -0.25) is 4.98 Å². The first-order chi connectivity index (χ1) is 7.88. The Bertz CT molecular complexity index is 550.